The third kappa shape index (κ3) is 5.49. The highest BCUT2D eigenvalue weighted by molar-refractivity contribution is 14.1. The predicted molar refractivity (Wildman–Crippen MR) is 153 cm³/mol. The second kappa shape index (κ2) is 11.4. The first-order chi connectivity index (χ1) is 17.7. The number of hydrogen-bond donors (Lipinski definition) is 0. The fourth-order valence-electron chi connectivity index (χ4n) is 4.13. The van der Waals surface area contributed by atoms with Crippen LogP contribution in [0.3, 0.4) is 0 Å². The molecule has 37 heavy (non-hydrogen) atoms. The Morgan fingerprint density at radius 1 is 1.30 bits per heavy atom. The Hall–Kier alpha value is -2.63. The number of halogens is 2. The van der Waals surface area contributed by atoms with Gasteiger partial charge in [0.05, 0.1) is 35.6 Å². The van der Waals surface area contributed by atoms with Crippen LogP contribution in [0.4, 0.5) is 0 Å². The van der Waals surface area contributed by atoms with E-state index in [4.69, 9.17) is 25.8 Å². The molecule has 0 spiro atoms. The molecule has 7 nitrogen and oxygen atoms in total. The maximum atomic E-state index is 13.9. The highest BCUT2D eigenvalue weighted by Gasteiger charge is 2.34. The van der Waals surface area contributed by atoms with E-state index in [9.17, 15) is 9.59 Å². The zero-order valence-electron chi connectivity index (χ0n) is 21.0. The Morgan fingerprint density at radius 3 is 2.68 bits per heavy atom. The molecule has 0 aliphatic carbocycles. The summed E-state index contributed by atoms with van der Waals surface area (Å²) in [6.45, 7) is 7.53. The van der Waals surface area contributed by atoms with Crippen LogP contribution in [-0.4, -0.2) is 30.4 Å². The topological polar surface area (TPSA) is 79.1 Å². The SMILES string of the molecule is CCOC(=O)C1=C(C)N=c2s/c(=C\c3cc(I)cc(OC)c3OC(C)C)c(=O)n2[C@H]1c1ccccc1Cl. The number of ether oxygens (including phenoxy) is 3. The molecule has 0 radical (unpaired) electrons. The van der Waals surface area contributed by atoms with E-state index in [2.05, 4.69) is 27.6 Å². The van der Waals surface area contributed by atoms with E-state index in [1.807, 2.05) is 32.0 Å². The van der Waals surface area contributed by atoms with Crippen molar-refractivity contribution in [3.8, 4) is 11.5 Å². The van der Waals surface area contributed by atoms with Crippen LogP contribution in [0.1, 0.15) is 44.9 Å². The molecule has 0 unspecified atom stereocenters. The molecule has 0 bridgehead atoms. The number of allylic oxidation sites excluding steroid dienone is 1. The first-order valence-corrected chi connectivity index (χ1v) is 13.9. The van der Waals surface area contributed by atoms with Gasteiger partial charge in [-0.05, 0) is 80.1 Å². The van der Waals surface area contributed by atoms with Crippen molar-refractivity contribution in [1.29, 1.82) is 0 Å². The Kier molecular flexibility index (Phi) is 8.45. The second-order valence-corrected chi connectivity index (χ2v) is 11.2. The summed E-state index contributed by atoms with van der Waals surface area (Å²) in [5.74, 6) is 0.599. The molecular weight excluding hydrogens is 627 g/mol. The van der Waals surface area contributed by atoms with Gasteiger partial charge in [-0.3, -0.25) is 9.36 Å². The molecule has 0 amide bonds. The van der Waals surface area contributed by atoms with Gasteiger partial charge in [-0.25, -0.2) is 9.79 Å². The predicted octanol–water partition coefficient (Wildman–Crippen LogP) is 4.85. The number of carbonyl (C=O) groups excluding carboxylic acids is 1. The number of benzene rings is 2. The molecule has 2 aromatic carbocycles. The molecule has 1 aliphatic rings. The third-order valence-electron chi connectivity index (χ3n) is 5.63. The molecule has 0 saturated heterocycles. The number of nitrogens with zero attached hydrogens (tertiary/aromatic N) is 2. The van der Waals surface area contributed by atoms with E-state index in [0.717, 1.165) is 3.57 Å². The average Bonchev–Trinajstić information content (AvgIpc) is 3.14. The summed E-state index contributed by atoms with van der Waals surface area (Å²) in [5.41, 5.74) is 1.80. The summed E-state index contributed by atoms with van der Waals surface area (Å²) in [7, 11) is 1.58. The Labute approximate surface area is 237 Å². The van der Waals surface area contributed by atoms with Crippen molar-refractivity contribution in [3.63, 3.8) is 0 Å². The lowest BCUT2D eigenvalue weighted by atomic mass is 9.96. The summed E-state index contributed by atoms with van der Waals surface area (Å²) in [6, 6.07) is 10.2. The summed E-state index contributed by atoms with van der Waals surface area (Å²) in [4.78, 5) is 32.0. The van der Waals surface area contributed by atoms with Crippen LogP contribution in [-0.2, 0) is 9.53 Å². The van der Waals surface area contributed by atoms with E-state index in [1.54, 1.807) is 45.2 Å². The fraction of sp³-hybridized carbons (Fsp3) is 0.296. The van der Waals surface area contributed by atoms with Gasteiger partial charge in [0.25, 0.3) is 5.56 Å². The number of hydrogen-bond acceptors (Lipinski definition) is 7. The lowest BCUT2D eigenvalue weighted by Crippen LogP contribution is -2.40. The van der Waals surface area contributed by atoms with E-state index >= 15 is 0 Å². The Bertz CT molecular complexity index is 1570. The number of methoxy groups -OCH3 is 1. The molecule has 10 heteroatoms. The van der Waals surface area contributed by atoms with Gasteiger partial charge in [-0.15, -0.1) is 0 Å². The summed E-state index contributed by atoms with van der Waals surface area (Å²) in [6.07, 6.45) is 1.68. The van der Waals surface area contributed by atoms with Crippen molar-refractivity contribution < 1.29 is 19.0 Å². The molecule has 1 atom stereocenters. The van der Waals surface area contributed by atoms with Gasteiger partial charge in [0.15, 0.2) is 16.3 Å². The summed E-state index contributed by atoms with van der Waals surface area (Å²) in [5, 5.41) is 0.438. The van der Waals surface area contributed by atoms with Crippen LogP contribution < -0.4 is 24.4 Å². The van der Waals surface area contributed by atoms with E-state index in [1.165, 1.54) is 15.9 Å². The molecule has 0 fully saturated rings. The minimum Gasteiger partial charge on any atom is -0.493 e. The maximum absolute atomic E-state index is 13.9. The van der Waals surface area contributed by atoms with E-state index in [-0.39, 0.29) is 23.8 Å². The van der Waals surface area contributed by atoms with Gasteiger partial charge >= 0.3 is 5.97 Å². The van der Waals surface area contributed by atoms with Crippen LogP contribution >= 0.6 is 45.5 Å². The number of aromatic nitrogens is 1. The number of rotatable bonds is 7. The zero-order valence-corrected chi connectivity index (χ0v) is 24.7. The van der Waals surface area contributed by atoms with Gasteiger partial charge < -0.3 is 14.2 Å². The largest absolute Gasteiger partial charge is 0.493 e. The van der Waals surface area contributed by atoms with E-state index in [0.29, 0.717) is 42.7 Å². The Morgan fingerprint density at radius 2 is 2.03 bits per heavy atom. The molecule has 4 rings (SSSR count). The van der Waals surface area contributed by atoms with Crippen molar-refractivity contribution in [2.24, 2.45) is 4.99 Å². The fourth-order valence-corrected chi connectivity index (χ4v) is 6.03. The molecular formula is C27H26ClIN2O5S. The molecule has 2 heterocycles. The normalized spacial score (nSPS) is 15.5. The summed E-state index contributed by atoms with van der Waals surface area (Å²) < 4.78 is 19.8. The van der Waals surface area contributed by atoms with Crippen LogP contribution in [0.5, 0.6) is 11.5 Å². The smallest absolute Gasteiger partial charge is 0.338 e. The van der Waals surface area contributed by atoms with Crippen molar-refractivity contribution in [2.45, 2.75) is 39.8 Å². The zero-order chi connectivity index (χ0) is 26.9. The molecule has 0 saturated carbocycles. The van der Waals surface area contributed by atoms with E-state index < -0.39 is 12.0 Å². The van der Waals surface area contributed by atoms with Gasteiger partial charge in [0.1, 0.15) is 6.04 Å². The Balaban J connectivity index is 2.00. The minimum atomic E-state index is -0.775. The second-order valence-electron chi connectivity index (χ2n) is 8.52. The van der Waals surface area contributed by atoms with Gasteiger partial charge in [0.2, 0.25) is 0 Å². The standard InChI is InChI=1S/C27H26ClIN2O5S/c1-6-35-26(33)22-15(4)30-27-31(23(22)18-9-7-8-10-19(18)28)25(32)21(37-27)12-16-11-17(29)13-20(34-5)24(16)36-14(2)3/h7-14,23H,6H2,1-5H3/b21-12-/t23-/m0/s1. The number of carbonyl (C=O) groups is 1. The average molecular weight is 653 g/mol. The van der Waals surface area contributed by atoms with Gasteiger partial charge in [0, 0.05) is 14.2 Å². The maximum Gasteiger partial charge on any atom is 0.338 e. The lowest BCUT2D eigenvalue weighted by molar-refractivity contribution is -0.139. The first-order valence-electron chi connectivity index (χ1n) is 11.6. The van der Waals surface area contributed by atoms with Crippen molar-refractivity contribution in [2.75, 3.05) is 13.7 Å². The minimum absolute atomic E-state index is 0.0997. The van der Waals surface area contributed by atoms with Crippen LogP contribution in [0.2, 0.25) is 5.02 Å². The molecule has 0 N–H and O–H groups in total. The van der Waals surface area contributed by atoms with Crippen LogP contribution in [0, 0.1) is 3.57 Å². The lowest BCUT2D eigenvalue weighted by Gasteiger charge is -2.25. The van der Waals surface area contributed by atoms with Gasteiger partial charge in [-0.1, -0.05) is 41.1 Å². The number of thiazole rings is 1. The van der Waals surface area contributed by atoms with Crippen molar-refractivity contribution in [3.05, 3.63) is 87.1 Å². The van der Waals surface area contributed by atoms with Crippen molar-refractivity contribution >= 4 is 57.6 Å². The molecule has 1 aliphatic heterocycles. The van der Waals surface area contributed by atoms with Gasteiger partial charge in [-0.2, -0.15) is 0 Å². The number of fused-ring (bicyclic) bond motifs is 1. The third-order valence-corrected chi connectivity index (χ3v) is 7.58. The first kappa shape index (κ1) is 27.4. The number of esters is 1. The van der Waals surface area contributed by atoms with Crippen LogP contribution in [0.25, 0.3) is 6.08 Å². The summed E-state index contributed by atoms with van der Waals surface area (Å²) >= 11 is 10.0. The molecule has 194 valence electrons. The molecule has 3 aromatic rings. The monoisotopic (exact) mass is 652 g/mol. The molecule has 1 aromatic heterocycles. The highest BCUT2D eigenvalue weighted by atomic mass is 127. The van der Waals surface area contributed by atoms with Crippen LogP contribution in [0.15, 0.2) is 57.5 Å². The van der Waals surface area contributed by atoms with Crippen molar-refractivity contribution in [1.82, 2.24) is 4.57 Å². The quantitative estimate of drug-likeness (QED) is 0.270. The highest BCUT2D eigenvalue weighted by Crippen LogP contribution is 2.36.